The fourth-order valence-corrected chi connectivity index (χ4v) is 2.66. The minimum Gasteiger partial charge on any atom is -0.388 e. The van der Waals surface area contributed by atoms with Crippen LogP contribution in [0.25, 0.3) is 0 Å². The van der Waals surface area contributed by atoms with Gasteiger partial charge in [0, 0.05) is 25.9 Å². The highest BCUT2D eigenvalue weighted by Gasteiger charge is 2.33. The molecule has 5 heteroatoms. The van der Waals surface area contributed by atoms with E-state index < -0.39 is 5.60 Å². The number of halogens is 1. The molecule has 1 unspecified atom stereocenters. The molecule has 3 N–H and O–H groups in total. The molecule has 1 aliphatic heterocycles. The van der Waals surface area contributed by atoms with Crippen molar-refractivity contribution >= 4 is 15.9 Å². The number of imidazole rings is 1. The Hall–Kier alpha value is -0.390. The topological polar surface area (TPSA) is 64.1 Å². The SMILES string of the molecule is CCc1nc(Br)c2n1CCC(O)(CN)C2. The number of aliphatic hydroxyl groups is 1. The zero-order valence-corrected chi connectivity index (χ0v) is 10.4. The van der Waals surface area contributed by atoms with Crippen molar-refractivity contribution in [3.63, 3.8) is 0 Å². The summed E-state index contributed by atoms with van der Waals surface area (Å²) in [4.78, 5) is 4.44. The monoisotopic (exact) mass is 273 g/mol. The van der Waals surface area contributed by atoms with Gasteiger partial charge >= 0.3 is 0 Å². The standard InChI is InChI=1S/C10H16BrN3O/c1-2-8-13-9(11)7-5-10(15,6-12)3-4-14(7)8/h15H,2-6,12H2,1H3. The van der Waals surface area contributed by atoms with Gasteiger partial charge in [-0.05, 0) is 22.4 Å². The number of fused-ring (bicyclic) bond motifs is 1. The summed E-state index contributed by atoms with van der Waals surface area (Å²) in [5.74, 6) is 1.08. The Morgan fingerprint density at radius 1 is 1.67 bits per heavy atom. The van der Waals surface area contributed by atoms with E-state index in [2.05, 4.69) is 32.4 Å². The van der Waals surface area contributed by atoms with Crippen LogP contribution in [0.2, 0.25) is 0 Å². The van der Waals surface area contributed by atoms with Gasteiger partial charge in [0.1, 0.15) is 10.4 Å². The maximum Gasteiger partial charge on any atom is 0.127 e. The normalized spacial score (nSPS) is 25.3. The molecule has 0 amide bonds. The summed E-state index contributed by atoms with van der Waals surface area (Å²) >= 11 is 3.44. The zero-order chi connectivity index (χ0) is 11.1. The first-order chi connectivity index (χ1) is 7.09. The van der Waals surface area contributed by atoms with Crippen LogP contribution in [-0.2, 0) is 19.4 Å². The van der Waals surface area contributed by atoms with Gasteiger partial charge in [-0.15, -0.1) is 0 Å². The van der Waals surface area contributed by atoms with E-state index in [4.69, 9.17) is 5.73 Å². The lowest BCUT2D eigenvalue weighted by molar-refractivity contribution is 0.0236. The Kier molecular flexibility index (Phi) is 2.87. The number of nitrogens with zero attached hydrogens (tertiary/aromatic N) is 2. The van der Waals surface area contributed by atoms with Gasteiger partial charge in [-0.25, -0.2) is 4.98 Å². The number of rotatable bonds is 2. The molecule has 0 aromatic carbocycles. The van der Waals surface area contributed by atoms with Crippen molar-refractivity contribution in [1.29, 1.82) is 0 Å². The summed E-state index contributed by atoms with van der Waals surface area (Å²) in [7, 11) is 0. The van der Waals surface area contributed by atoms with Gasteiger partial charge in [0.25, 0.3) is 0 Å². The van der Waals surface area contributed by atoms with E-state index in [-0.39, 0.29) is 0 Å². The van der Waals surface area contributed by atoms with Crippen LogP contribution >= 0.6 is 15.9 Å². The molecule has 4 nitrogen and oxygen atoms in total. The van der Waals surface area contributed by atoms with Crippen LogP contribution in [0, 0.1) is 0 Å². The third-order valence-electron chi connectivity index (χ3n) is 3.10. The summed E-state index contributed by atoms with van der Waals surface area (Å²) in [6, 6.07) is 0. The summed E-state index contributed by atoms with van der Waals surface area (Å²) in [6.07, 6.45) is 2.23. The van der Waals surface area contributed by atoms with Crippen LogP contribution in [0.1, 0.15) is 24.9 Å². The van der Waals surface area contributed by atoms with Gasteiger partial charge in [0.05, 0.1) is 11.3 Å². The Bertz CT molecular complexity index is 377. The highest BCUT2D eigenvalue weighted by molar-refractivity contribution is 9.10. The van der Waals surface area contributed by atoms with Gasteiger partial charge in [-0.2, -0.15) is 0 Å². The second kappa shape index (κ2) is 3.88. The molecule has 0 fully saturated rings. The Morgan fingerprint density at radius 3 is 3.00 bits per heavy atom. The van der Waals surface area contributed by atoms with Crippen LogP contribution in [0.5, 0.6) is 0 Å². The number of aromatic nitrogens is 2. The molecule has 0 bridgehead atoms. The lowest BCUT2D eigenvalue weighted by Gasteiger charge is -2.32. The second-order valence-electron chi connectivity index (χ2n) is 4.13. The summed E-state index contributed by atoms with van der Waals surface area (Å²) in [5.41, 5.74) is 5.92. The molecule has 0 aliphatic carbocycles. The van der Waals surface area contributed by atoms with Crippen LogP contribution in [-0.4, -0.2) is 26.8 Å². The van der Waals surface area contributed by atoms with Gasteiger partial charge in [-0.1, -0.05) is 6.92 Å². The quantitative estimate of drug-likeness (QED) is 0.840. The van der Waals surface area contributed by atoms with Crippen molar-refractivity contribution in [3.05, 3.63) is 16.1 Å². The smallest absolute Gasteiger partial charge is 0.127 e. The number of nitrogens with two attached hydrogens (primary N) is 1. The van der Waals surface area contributed by atoms with Gasteiger partial charge in [-0.3, -0.25) is 0 Å². The molecular weight excluding hydrogens is 258 g/mol. The summed E-state index contributed by atoms with van der Waals surface area (Å²) in [6.45, 7) is 3.21. The van der Waals surface area contributed by atoms with Crippen molar-refractivity contribution in [2.45, 2.75) is 38.3 Å². The lowest BCUT2D eigenvalue weighted by atomic mass is 9.91. The molecule has 0 spiro atoms. The van der Waals surface area contributed by atoms with Gasteiger partial charge in [0.2, 0.25) is 0 Å². The lowest BCUT2D eigenvalue weighted by Crippen LogP contribution is -2.44. The Morgan fingerprint density at radius 2 is 2.40 bits per heavy atom. The first kappa shape index (κ1) is 11.1. The molecule has 0 saturated carbocycles. The van der Waals surface area contributed by atoms with Crippen molar-refractivity contribution in [2.75, 3.05) is 6.54 Å². The molecule has 0 radical (unpaired) electrons. The van der Waals surface area contributed by atoms with E-state index in [9.17, 15) is 5.11 Å². The fourth-order valence-electron chi connectivity index (χ4n) is 2.10. The Labute approximate surface area is 97.6 Å². The van der Waals surface area contributed by atoms with E-state index in [1.54, 1.807) is 0 Å². The summed E-state index contributed by atoms with van der Waals surface area (Å²) < 4.78 is 3.04. The largest absolute Gasteiger partial charge is 0.388 e. The van der Waals surface area contributed by atoms with E-state index in [0.29, 0.717) is 19.4 Å². The van der Waals surface area contributed by atoms with Gasteiger partial charge < -0.3 is 15.4 Å². The van der Waals surface area contributed by atoms with Crippen molar-refractivity contribution in [2.24, 2.45) is 5.73 Å². The van der Waals surface area contributed by atoms with E-state index >= 15 is 0 Å². The maximum atomic E-state index is 10.1. The molecule has 1 aromatic heterocycles. The minimum atomic E-state index is -0.746. The van der Waals surface area contributed by atoms with Gasteiger partial charge in [0.15, 0.2) is 0 Å². The van der Waals surface area contributed by atoms with E-state index in [0.717, 1.165) is 29.1 Å². The number of hydrogen-bond donors (Lipinski definition) is 2. The molecule has 1 aromatic rings. The fraction of sp³-hybridized carbons (Fsp3) is 0.700. The number of hydrogen-bond acceptors (Lipinski definition) is 3. The van der Waals surface area contributed by atoms with Crippen LogP contribution < -0.4 is 5.73 Å². The van der Waals surface area contributed by atoms with Crippen LogP contribution in [0.15, 0.2) is 4.60 Å². The average Bonchev–Trinajstić information content (AvgIpc) is 2.55. The predicted molar refractivity (Wildman–Crippen MR) is 61.6 cm³/mol. The highest BCUT2D eigenvalue weighted by atomic mass is 79.9. The third kappa shape index (κ3) is 1.84. The molecule has 15 heavy (non-hydrogen) atoms. The molecule has 2 rings (SSSR count). The second-order valence-corrected chi connectivity index (χ2v) is 4.88. The summed E-state index contributed by atoms with van der Waals surface area (Å²) in [5, 5.41) is 10.1. The molecule has 1 aliphatic rings. The predicted octanol–water partition coefficient (Wildman–Crippen LogP) is 0.844. The number of aryl methyl sites for hydroxylation is 1. The Balaban J connectivity index is 2.38. The van der Waals surface area contributed by atoms with Crippen molar-refractivity contribution in [1.82, 2.24) is 9.55 Å². The highest BCUT2D eigenvalue weighted by Crippen LogP contribution is 2.30. The van der Waals surface area contributed by atoms with Crippen molar-refractivity contribution in [3.8, 4) is 0 Å². The van der Waals surface area contributed by atoms with Crippen LogP contribution in [0.3, 0.4) is 0 Å². The first-order valence-electron chi connectivity index (χ1n) is 5.26. The molecule has 0 saturated heterocycles. The van der Waals surface area contributed by atoms with Crippen molar-refractivity contribution < 1.29 is 5.11 Å². The first-order valence-corrected chi connectivity index (χ1v) is 6.05. The third-order valence-corrected chi connectivity index (χ3v) is 3.73. The van der Waals surface area contributed by atoms with Crippen LogP contribution in [0.4, 0.5) is 0 Å². The molecule has 2 heterocycles. The van der Waals surface area contributed by atoms with E-state index in [1.165, 1.54) is 0 Å². The average molecular weight is 274 g/mol. The maximum absolute atomic E-state index is 10.1. The van der Waals surface area contributed by atoms with E-state index in [1.807, 2.05) is 0 Å². The molecular formula is C10H16BrN3O. The zero-order valence-electron chi connectivity index (χ0n) is 8.83. The molecule has 1 atom stereocenters. The minimum absolute atomic E-state index is 0.312. The molecule has 84 valence electrons.